The van der Waals surface area contributed by atoms with Gasteiger partial charge in [0.05, 0.1) is 0 Å². The van der Waals surface area contributed by atoms with Crippen LogP contribution in [-0.2, 0) is 27.9 Å². The summed E-state index contributed by atoms with van der Waals surface area (Å²) in [6.45, 7) is 13.4. The lowest BCUT2D eigenvalue weighted by molar-refractivity contribution is -0.306. The molecule has 0 amide bonds. The zero-order chi connectivity index (χ0) is 16.5. The molecular formula is C14H24O6Si. The quantitative estimate of drug-likeness (QED) is 0.267. The highest BCUT2D eigenvalue weighted by molar-refractivity contribution is 6.68. The summed E-state index contributed by atoms with van der Waals surface area (Å²) in [5, 5.41) is 0. The Labute approximate surface area is 127 Å². The van der Waals surface area contributed by atoms with Gasteiger partial charge >= 0.3 is 26.5 Å². The highest BCUT2D eigenvalue weighted by Crippen LogP contribution is 2.29. The molecule has 0 rings (SSSR count). The Morgan fingerprint density at radius 3 is 1.81 bits per heavy atom. The lowest BCUT2D eigenvalue weighted by atomic mass is 10.6. The monoisotopic (exact) mass is 316 g/mol. The molecule has 0 heterocycles. The van der Waals surface area contributed by atoms with Gasteiger partial charge in [-0.2, -0.15) is 0 Å². The van der Waals surface area contributed by atoms with Crippen molar-refractivity contribution in [3.05, 3.63) is 25.3 Å². The second-order valence-corrected chi connectivity index (χ2v) is 7.61. The van der Waals surface area contributed by atoms with Crippen molar-refractivity contribution in [1.29, 1.82) is 0 Å². The van der Waals surface area contributed by atoms with Crippen LogP contribution >= 0.6 is 0 Å². The summed E-state index contributed by atoms with van der Waals surface area (Å²) in [4.78, 5) is 22.5. The van der Waals surface area contributed by atoms with Crippen molar-refractivity contribution in [2.24, 2.45) is 0 Å². The van der Waals surface area contributed by atoms with Gasteiger partial charge in [0, 0.05) is 39.5 Å². The normalized spacial score (nSPS) is 11.6. The van der Waals surface area contributed by atoms with Crippen LogP contribution in [0.5, 0.6) is 0 Å². The molecule has 0 aliphatic heterocycles. The lowest BCUT2D eigenvalue weighted by Gasteiger charge is -2.37. The summed E-state index contributed by atoms with van der Waals surface area (Å²) in [5.74, 6) is -3.09. The van der Waals surface area contributed by atoms with E-state index in [0.29, 0.717) is 18.7 Å². The van der Waals surface area contributed by atoms with E-state index in [2.05, 4.69) is 13.2 Å². The first-order valence-corrected chi connectivity index (χ1v) is 8.90. The van der Waals surface area contributed by atoms with E-state index in [1.54, 1.807) is 12.2 Å². The maximum absolute atomic E-state index is 11.2. The molecule has 0 unspecified atom stereocenters. The standard InChI is InChI=1S/C14H24O6Si/c1-7-10-21(11-8-2,17-9-3)20-14(6,18-12(4)15)19-13(5)16/h7-8H,1-2,9-11H2,3-6H3. The van der Waals surface area contributed by atoms with Gasteiger partial charge in [-0.05, 0) is 6.92 Å². The first-order valence-electron chi connectivity index (χ1n) is 6.67. The predicted molar refractivity (Wildman–Crippen MR) is 80.4 cm³/mol. The predicted octanol–water partition coefficient (Wildman–Crippen LogP) is 2.65. The molecule has 21 heavy (non-hydrogen) atoms. The van der Waals surface area contributed by atoms with E-state index in [0.717, 1.165) is 0 Å². The maximum Gasteiger partial charge on any atom is 0.364 e. The summed E-state index contributed by atoms with van der Waals surface area (Å²) in [7, 11) is -2.86. The molecule has 0 aliphatic rings. The van der Waals surface area contributed by atoms with E-state index >= 15 is 0 Å². The van der Waals surface area contributed by atoms with Gasteiger partial charge in [-0.3, -0.25) is 9.59 Å². The highest BCUT2D eigenvalue weighted by atomic mass is 28.4. The van der Waals surface area contributed by atoms with Gasteiger partial charge in [0.15, 0.2) is 0 Å². The van der Waals surface area contributed by atoms with Crippen LogP contribution in [-0.4, -0.2) is 33.1 Å². The SMILES string of the molecule is C=CC[Si](CC=C)(OCC)OC(C)(OC(C)=O)OC(C)=O. The van der Waals surface area contributed by atoms with Crippen LogP contribution in [0.15, 0.2) is 25.3 Å². The van der Waals surface area contributed by atoms with Gasteiger partial charge in [-0.25, -0.2) is 0 Å². The Hall–Kier alpha value is -1.44. The molecule has 6 nitrogen and oxygen atoms in total. The lowest BCUT2D eigenvalue weighted by Crippen LogP contribution is -2.52. The van der Waals surface area contributed by atoms with Crippen LogP contribution in [0.1, 0.15) is 27.7 Å². The number of rotatable bonds is 10. The van der Waals surface area contributed by atoms with Crippen molar-refractivity contribution in [1.82, 2.24) is 0 Å². The van der Waals surface area contributed by atoms with Crippen molar-refractivity contribution in [2.75, 3.05) is 6.61 Å². The minimum absolute atomic E-state index is 0.407. The Kier molecular flexibility index (Phi) is 8.16. The fraction of sp³-hybridized carbons (Fsp3) is 0.571. The number of hydrogen-bond acceptors (Lipinski definition) is 6. The Balaban J connectivity index is 5.43. The third-order valence-corrected chi connectivity index (χ3v) is 5.73. The molecule has 0 aromatic carbocycles. The molecule has 0 saturated heterocycles. The Bertz CT molecular complexity index is 367. The van der Waals surface area contributed by atoms with Crippen molar-refractivity contribution < 1.29 is 27.9 Å². The van der Waals surface area contributed by atoms with E-state index in [9.17, 15) is 9.59 Å². The highest BCUT2D eigenvalue weighted by Gasteiger charge is 2.46. The zero-order valence-corrected chi connectivity index (χ0v) is 14.1. The van der Waals surface area contributed by atoms with Crippen LogP contribution < -0.4 is 0 Å². The van der Waals surface area contributed by atoms with Gasteiger partial charge in [0.1, 0.15) is 0 Å². The first-order chi connectivity index (χ1) is 9.72. The summed E-state index contributed by atoms with van der Waals surface area (Å²) in [6, 6.07) is 0.871. The number of allylic oxidation sites excluding steroid dienone is 2. The Morgan fingerprint density at radius 1 is 1.10 bits per heavy atom. The molecule has 7 heteroatoms. The topological polar surface area (TPSA) is 71.1 Å². The fourth-order valence-electron chi connectivity index (χ4n) is 1.94. The van der Waals surface area contributed by atoms with Gasteiger partial charge in [0.25, 0.3) is 0 Å². The third kappa shape index (κ3) is 7.21. The van der Waals surface area contributed by atoms with Gasteiger partial charge < -0.3 is 18.3 Å². The van der Waals surface area contributed by atoms with Crippen LogP contribution in [0, 0.1) is 0 Å². The van der Waals surface area contributed by atoms with Gasteiger partial charge in [-0.15, -0.1) is 13.2 Å². The summed E-state index contributed by atoms with van der Waals surface area (Å²) in [6.07, 6.45) is 3.32. The first kappa shape index (κ1) is 19.6. The number of carbonyl (C=O) groups excluding carboxylic acids is 2. The molecule has 120 valence electrons. The molecule has 0 fully saturated rings. The maximum atomic E-state index is 11.2. The molecule has 0 bridgehead atoms. The van der Waals surface area contributed by atoms with Crippen LogP contribution in [0.25, 0.3) is 0 Å². The molecule has 0 atom stereocenters. The third-order valence-electron chi connectivity index (χ3n) is 2.35. The molecule has 0 aromatic heterocycles. The number of ether oxygens (including phenoxy) is 2. The minimum atomic E-state index is -2.86. The van der Waals surface area contributed by atoms with E-state index < -0.39 is 26.5 Å². The molecule has 0 N–H and O–H groups in total. The zero-order valence-electron chi connectivity index (χ0n) is 13.1. The minimum Gasteiger partial charge on any atom is -0.399 e. The van der Waals surface area contributed by atoms with Gasteiger partial charge in [0.2, 0.25) is 0 Å². The van der Waals surface area contributed by atoms with E-state index in [4.69, 9.17) is 18.3 Å². The molecule has 0 saturated carbocycles. The van der Waals surface area contributed by atoms with Crippen molar-refractivity contribution >= 4 is 20.5 Å². The smallest absolute Gasteiger partial charge is 0.364 e. The van der Waals surface area contributed by atoms with E-state index in [-0.39, 0.29) is 0 Å². The number of hydrogen-bond donors (Lipinski definition) is 0. The second kappa shape index (κ2) is 8.76. The molecule has 0 spiro atoms. The summed E-state index contributed by atoms with van der Waals surface area (Å²) in [5.41, 5.74) is 0. The van der Waals surface area contributed by atoms with Crippen molar-refractivity contribution in [2.45, 2.75) is 45.8 Å². The van der Waals surface area contributed by atoms with E-state index in [1.165, 1.54) is 20.8 Å². The average Bonchev–Trinajstić information content (AvgIpc) is 2.26. The number of carbonyl (C=O) groups is 2. The Morgan fingerprint density at radius 2 is 1.52 bits per heavy atom. The molecule has 0 aliphatic carbocycles. The fourth-order valence-corrected chi connectivity index (χ4v) is 4.73. The largest absolute Gasteiger partial charge is 0.399 e. The summed E-state index contributed by atoms with van der Waals surface area (Å²) < 4.78 is 21.7. The second-order valence-electron chi connectivity index (χ2n) is 4.48. The van der Waals surface area contributed by atoms with Crippen molar-refractivity contribution in [3.8, 4) is 0 Å². The van der Waals surface area contributed by atoms with E-state index in [1.807, 2.05) is 6.92 Å². The van der Waals surface area contributed by atoms with Crippen LogP contribution in [0.4, 0.5) is 0 Å². The van der Waals surface area contributed by atoms with Gasteiger partial charge in [-0.1, -0.05) is 12.2 Å². The molecule has 0 radical (unpaired) electrons. The number of esters is 2. The summed E-state index contributed by atoms with van der Waals surface area (Å²) >= 11 is 0. The molecule has 0 aromatic rings. The average molecular weight is 316 g/mol. The van der Waals surface area contributed by atoms with Crippen LogP contribution in [0.3, 0.4) is 0 Å². The van der Waals surface area contributed by atoms with Crippen LogP contribution in [0.2, 0.25) is 12.1 Å². The van der Waals surface area contributed by atoms with Crippen molar-refractivity contribution in [3.63, 3.8) is 0 Å². The molecular weight excluding hydrogens is 292 g/mol.